The molecule has 0 aliphatic carbocycles. The minimum absolute atomic E-state index is 0.00513. The third-order valence-corrected chi connectivity index (χ3v) is 10.9. The van der Waals surface area contributed by atoms with Crippen LogP contribution in [0.1, 0.15) is 118 Å². The lowest BCUT2D eigenvalue weighted by Gasteiger charge is -2.31. The largest absolute Gasteiger partial charge is 0.508 e. The number of Topliss-reactive ketones (excluding diaryl/α,β-unsaturated/α-hetero) is 6. The Balaban J connectivity index is 2.52. The maximum absolute atomic E-state index is 14.4. The molecule has 0 unspecified atom stereocenters. The average Bonchev–Trinajstić information content (AvgIpc) is 3.12. The van der Waals surface area contributed by atoms with Crippen LogP contribution in [0.4, 0.5) is 0 Å². The molecule has 0 fully saturated rings. The third-order valence-electron chi connectivity index (χ3n) is 10.9. The number of phenols is 1. The van der Waals surface area contributed by atoms with Gasteiger partial charge < -0.3 is 15.3 Å². The molecule has 11 nitrogen and oxygen atoms in total. The predicted octanol–water partition coefficient (Wildman–Crippen LogP) is 7.96. The Kier molecular flexibility index (Phi) is 19.5. The Bertz CT molecular complexity index is 1730. The second kappa shape index (κ2) is 23.0. The highest BCUT2D eigenvalue weighted by molar-refractivity contribution is 5.97. The maximum Gasteiger partial charge on any atom is 0.304 e. The number of carbonyl (C=O) groups excluding carboxylic acids is 6. The van der Waals surface area contributed by atoms with Gasteiger partial charge in [0.1, 0.15) is 40.4 Å². The lowest BCUT2D eigenvalue weighted by Crippen LogP contribution is -2.36. The minimum atomic E-state index is -1.30. The van der Waals surface area contributed by atoms with Crippen LogP contribution in [0.25, 0.3) is 0 Å². The Hall–Kier alpha value is -4.80. The van der Waals surface area contributed by atoms with Gasteiger partial charge in [-0.3, -0.25) is 38.4 Å². The lowest BCUT2D eigenvalue weighted by atomic mass is 9.71. The van der Waals surface area contributed by atoms with Crippen molar-refractivity contribution in [2.45, 2.75) is 120 Å². The summed E-state index contributed by atoms with van der Waals surface area (Å²) in [5, 5.41) is 29.4. The van der Waals surface area contributed by atoms with Crippen LogP contribution in [0, 0.1) is 52.8 Å². The number of rotatable bonds is 27. The molecule has 0 radical (unpaired) electrons. The van der Waals surface area contributed by atoms with Crippen LogP contribution < -0.4 is 0 Å². The number of carbonyl (C=O) groups is 8. The second-order valence-electron chi connectivity index (χ2n) is 17.9. The number of ketones is 6. The van der Waals surface area contributed by atoms with Crippen LogP contribution in [-0.4, -0.2) is 62.0 Å². The molecule has 2 rings (SSSR count). The summed E-state index contributed by atoms with van der Waals surface area (Å²) < 4.78 is 0. The van der Waals surface area contributed by atoms with Crippen molar-refractivity contribution in [3.63, 3.8) is 0 Å². The van der Waals surface area contributed by atoms with Crippen LogP contribution >= 0.6 is 0 Å². The van der Waals surface area contributed by atoms with Gasteiger partial charge in [-0.15, -0.1) is 0 Å². The molecule has 58 heavy (non-hydrogen) atoms. The molecule has 0 amide bonds. The van der Waals surface area contributed by atoms with E-state index < -0.39 is 89.3 Å². The normalized spacial score (nSPS) is 14.9. The SMILES string of the molecule is CC(C)C[C@H](C)C(=O)C[C@H](CC(=O)O)C(=O)C[C@H](Cc1ccccc1)C(=O)C[C@H](Cc1ccc(O)cc1)C(=O)C[C@H](CC(=O)O)C(=O)C[C@@H](C(=O)C(C)C)C(C)(C)C. The molecule has 0 saturated heterocycles. The molecule has 2 aromatic rings. The van der Waals surface area contributed by atoms with E-state index in [9.17, 15) is 53.7 Å². The van der Waals surface area contributed by atoms with E-state index in [1.165, 1.54) is 12.1 Å². The van der Waals surface area contributed by atoms with E-state index in [4.69, 9.17) is 0 Å². The van der Waals surface area contributed by atoms with E-state index >= 15 is 0 Å². The van der Waals surface area contributed by atoms with Crippen LogP contribution in [0.15, 0.2) is 54.6 Å². The first kappa shape index (κ1) is 49.3. The van der Waals surface area contributed by atoms with Gasteiger partial charge in [-0.25, -0.2) is 0 Å². The van der Waals surface area contributed by atoms with Crippen molar-refractivity contribution >= 4 is 46.6 Å². The van der Waals surface area contributed by atoms with E-state index in [1.807, 2.05) is 34.6 Å². The van der Waals surface area contributed by atoms with Gasteiger partial charge in [-0.1, -0.05) is 97.9 Å². The van der Waals surface area contributed by atoms with Gasteiger partial charge >= 0.3 is 11.9 Å². The third kappa shape index (κ3) is 17.0. The van der Waals surface area contributed by atoms with E-state index in [0.29, 0.717) is 12.0 Å². The highest BCUT2D eigenvalue weighted by Crippen LogP contribution is 2.34. The van der Waals surface area contributed by atoms with Crippen molar-refractivity contribution in [2.24, 2.45) is 52.8 Å². The van der Waals surface area contributed by atoms with Gasteiger partial charge in [-0.05, 0) is 53.9 Å². The first-order valence-corrected chi connectivity index (χ1v) is 20.4. The maximum atomic E-state index is 14.4. The zero-order valence-corrected chi connectivity index (χ0v) is 35.5. The number of hydrogen-bond acceptors (Lipinski definition) is 9. The molecule has 6 atom stereocenters. The summed E-state index contributed by atoms with van der Waals surface area (Å²) in [6, 6.07) is 14.9. The van der Waals surface area contributed by atoms with Gasteiger partial charge in [0.2, 0.25) is 0 Å². The number of aliphatic carboxylic acids is 2. The van der Waals surface area contributed by atoms with Crippen LogP contribution in [-0.2, 0) is 51.2 Å². The Labute approximate surface area is 343 Å². The highest BCUT2D eigenvalue weighted by Gasteiger charge is 2.38. The molecule has 0 bridgehead atoms. The fraction of sp³-hybridized carbons (Fsp3) is 0.574. The van der Waals surface area contributed by atoms with Gasteiger partial charge in [0.25, 0.3) is 0 Å². The average molecular weight is 805 g/mol. The molecule has 0 saturated carbocycles. The molecule has 2 aromatic carbocycles. The molecule has 318 valence electrons. The molecule has 0 aromatic heterocycles. The van der Waals surface area contributed by atoms with Crippen LogP contribution in [0.5, 0.6) is 5.75 Å². The van der Waals surface area contributed by atoms with Crippen molar-refractivity contribution in [2.75, 3.05) is 0 Å². The number of benzene rings is 2. The van der Waals surface area contributed by atoms with Gasteiger partial charge in [0.05, 0.1) is 12.8 Å². The fourth-order valence-electron chi connectivity index (χ4n) is 7.55. The van der Waals surface area contributed by atoms with Crippen molar-refractivity contribution in [1.82, 2.24) is 0 Å². The number of carboxylic acid groups (broad SMARTS) is 2. The Morgan fingerprint density at radius 3 is 1.33 bits per heavy atom. The van der Waals surface area contributed by atoms with Crippen LogP contribution in [0.2, 0.25) is 0 Å². The van der Waals surface area contributed by atoms with E-state index in [0.717, 1.165) is 5.56 Å². The molecule has 0 spiro atoms. The zero-order chi connectivity index (χ0) is 43.9. The topological polar surface area (TPSA) is 197 Å². The summed E-state index contributed by atoms with van der Waals surface area (Å²) in [6.45, 7) is 14.6. The number of hydrogen-bond donors (Lipinski definition) is 3. The molecule has 0 heterocycles. The van der Waals surface area contributed by atoms with Crippen LogP contribution in [0.3, 0.4) is 0 Å². The second-order valence-corrected chi connectivity index (χ2v) is 17.9. The van der Waals surface area contributed by atoms with E-state index in [2.05, 4.69) is 0 Å². The molecule has 0 aliphatic heterocycles. The standard InChI is InChI=1S/C47H64O11/c1-28(2)18-30(5)39(49)21-35(25-44(54)55)42(52)23-33(19-31-12-10-9-11-13-31)40(50)22-34(20-32-14-16-37(48)17-15-32)41(51)24-36(26-45(56)57)43(53)27-38(47(6,7)8)46(58)29(3)4/h9-17,28-30,33-36,38,48H,18-27H2,1-8H3,(H,54,55)(H,56,57)/t30-,33-,34-,35+,36+,38-/m0/s1. The first-order chi connectivity index (χ1) is 27.0. The summed E-state index contributed by atoms with van der Waals surface area (Å²) in [6.07, 6.45) is -2.30. The molecular formula is C47H64O11. The summed E-state index contributed by atoms with van der Waals surface area (Å²) in [5.41, 5.74) is 0.700. The zero-order valence-electron chi connectivity index (χ0n) is 35.5. The highest BCUT2D eigenvalue weighted by atomic mass is 16.4. The quantitative estimate of drug-likeness (QED) is 0.0792. The molecular weight excluding hydrogens is 741 g/mol. The first-order valence-electron chi connectivity index (χ1n) is 20.4. The minimum Gasteiger partial charge on any atom is -0.508 e. The van der Waals surface area contributed by atoms with Crippen molar-refractivity contribution in [1.29, 1.82) is 0 Å². The van der Waals surface area contributed by atoms with Gasteiger partial charge in [-0.2, -0.15) is 0 Å². The number of phenolic OH excluding ortho intramolecular Hbond substituents is 1. The van der Waals surface area contributed by atoms with Gasteiger partial charge in [0, 0.05) is 73.5 Å². The lowest BCUT2D eigenvalue weighted by molar-refractivity contribution is -0.143. The summed E-state index contributed by atoms with van der Waals surface area (Å²) in [7, 11) is 0. The smallest absolute Gasteiger partial charge is 0.304 e. The number of carboxylic acids is 2. The van der Waals surface area contributed by atoms with Crippen molar-refractivity contribution in [3.8, 4) is 5.75 Å². The summed E-state index contributed by atoms with van der Waals surface area (Å²) in [4.78, 5) is 107. The van der Waals surface area contributed by atoms with Gasteiger partial charge in [0.15, 0.2) is 0 Å². The molecule has 0 aliphatic rings. The fourth-order valence-corrected chi connectivity index (χ4v) is 7.55. The monoisotopic (exact) mass is 804 g/mol. The Morgan fingerprint density at radius 1 is 0.517 bits per heavy atom. The van der Waals surface area contributed by atoms with E-state index in [-0.39, 0.29) is 73.6 Å². The Morgan fingerprint density at radius 2 is 0.914 bits per heavy atom. The summed E-state index contributed by atoms with van der Waals surface area (Å²) >= 11 is 0. The predicted molar refractivity (Wildman–Crippen MR) is 220 cm³/mol. The molecule has 3 N–H and O–H groups in total. The van der Waals surface area contributed by atoms with Crippen molar-refractivity contribution < 1.29 is 53.7 Å². The van der Waals surface area contributed by atoms with E-state index in [1.54, 1.807) is 63.2 Å². The molecule has 11 heteroatoms. The van der Waals surface area contributed by atoms with Crippen molar-refractivity contribution in [3.05, 3.63) is 65.7 Å². The summed E-state index contributed by atoms with van der Waals surface area (Å²) in [5.74, 6) is -10.7. The number of aromatic hydroxyl groups is 1.